The van der Waals surface area contributed by atoms with Crippen LogP contribution >= 0.6 is 0 Å². The summed E-state index contributed by atoms with van der Waals surface area (Å²) in [6.07, 6.45) is 3.19. The van der Waals surface area contributed by atoms with Crippen LogP contribution in [0.3, 0.4) is 0 Å². The second-order valence-corrected chi connectivity index (χ2v) is 5.23. The fourth-order valence-corrected chi connectivity index (χ4v) is 2.59. The van der Waals surface area contributed by atoms with Crippen LogP contribution < -0.4 is 5.32 Å². The summed E-state index contributed by atoms with van der Waals surface area (Å²) in [5.41, 5.74) is 2.27. The number of aromatic nitrogens is 1. The minimum Gasteiger partial charge on any atom is -0.347 e. The Morgan fingerprint density at radius 3 is 2.81 bits per heavy atom. The summed E-state index contributed by atoms with van der Waals surface area (Å²) < 4.78 is 15.3. The van der Waals surface area contributed by atoms with Crippen LogP contribution in [-0.4, -0.2) is 11.1 Å². The van der Waals surface area contributed by atoms with Crippen molar-refractivity contribution in [2.24, 2.45) is 0 Å². The summed E-state index contributed by atoms with van der Waals surface area (Å²) in [4.78, 5) is 0. The van der Waals surface area contributed by atoms with Gasteiger partial charge in [0.1, 0.15) is 5.82 Å². The Morgan fingerprint density at radius 1 is 1.00 bits per heavy atom. The molecule has 0 saturated carbocycles. The third-order valence-electron chi connectivity index (χ3n) is 3.65. The zero-order valence-corrected chi connectivity index (χ0v) is 11.9. The molecule has 3 aromatic rings. The maximum absolute atomic E-state index is 13.0. The van der Waals surface area contributed by atoms with E-state index >= 15 is 0 Å². The van der Waals surface area contributed by atoms with E-state index in [-0.39, 0.29) is 5.82 Å². The molecule has 0 aliphatic rings. The van der Waals surface area contributed by atoms with E-state index in [2.05, 4.69) is 46.4 Å². The summed E-state index contributed by atoms with van der Waals surface area (Å²) >= 11 is 0. The van der Waals surface area contributed by atoms with Gasteiger partial charge < -0.3 is 9.88 Å². The van der Waals surface area contributed by atoms with Crippen molar-refractivity contribution in [3.05, 3.63) is 72.2 Å². The molecule has 1 heterocycles. The predicted molar refractivity (Wildman–Crippen MR) is 84.7 cm³/mol. The number of fused-ring (bicyclic) bond motifs is 1. The van der Waals surface area contributed by atoms with Gasteiger partial charge in [0, 0.05) is 24.8 Å². The van der Waals surface area contributed by atoms with Gasteiger partial charge in [0.2, 0.25) is 0 Å². The molecular formula is C18H19FN2. The van der Waals surface area contributed by atoms with E-state index in [1.54, 1.807) is 12.1 Å². The van der Waals surface area contributed by atoms with Crippen LogP contribution in [0.2, 0.25) is 0 Å². The van der Waals surface area contributed by atoms with Gasteiger partial charge >= 0.3 is 0 Å². The number of para-hydroxylation sites is 1. The maximum atomic E-state index is 13.0. The molecule has 2 nitrogen and oxygen atoms in total. The van der Waals surface area contributed by atoms with Gasteiger partial charge in [-0.05, 0) is 48.2 Å². The van der Waals surface area contributed by atoms with Crippen LogP contribution in [0.5, 0.6) is 0 Å². The SMILES string of the molecule is Fc1cccc(CNCCCn2ccc3ccccc32)c1. The van der Waals surface area contributed by atoms with Crippen LogP contribution in [0.15, 0.2) is 60.8 Å². The highest BCUT2D eigenvalue weighted by atomic mass is 19.1. The number of hydrogen-bond donors (Lipinski definition) is 1. The number of halogens is 1. The van der Waals surface area contributed by atoms with Gasteiger partial charge in [-0.3, -0.25) is 0 Å². The smallest absolute Gasteiger partial charge is 0.123 e. The van der Waals surface area contributed by atoms with E-state index < -0.39 is 0 Å². The third kappa shape index (κ3) is 3.50. The van der Waals surface area contributed by atoms with Gasteiger partial charge in [0.15, 0.2) is 0 Å². The molecule has 0 radical (unpaired) electrons. The highest BCUT2D eigenvalue weighted by Crippen LogP contribution is 2.15. The van der Waals surface area contributed by atoms with Gasteiger partial charge in [0.25, 0.3) is 0 Å². The Labute approximate surface area is 124 Å². The standard InChI is InChI=1S/C18H19FN2/c19-17-7-3-5-15(13-17)14-20-10-4-11-21-12-9-16-6-1-2-8-18(16)21/h1-3,5-9,12-13,20H,4,10-11,14H2. The number of benzene rings is 2. The molecular weight excluding hydrogens is 263 g/mol. The Bertz CT molecular complexity index is 718. The zero-order valence-electron chi connectivity index (χ0n) is 11.9. The minimum absolute atomic E-state index is 0.173. The Balaban J connectivity index is 1.46. The van der Waals surface area contributed by atoms with Crippen LogP contribution in [0.4, 0.5) is 4.39 Å². The average Bonchev–Trinajstić information content (AvgIpc) is 2.90. The molecule has 3 rings (SSSR count). The van der Waals surface area contributed by atoms with Crippen molar-refractivity contribution in [3.8, 4) is 0 Å². The minimum atomic E-state index is -0.173. The average molecular weight is 282 g/mol. The molecule has 0 aliphatic heterocycles. The van der Waals surface area contributed by atoms with E-state index in [1.807, 2.05) is 6.07 Å². The van der Waals surface area contributed by atoms with Crippen LogP contribution in [0.25, 0.3) is 10.9 Å². The molecule has 0 spiro atoms. The maximum Gasteiger partial charge on any atom is 0.123 e. The largest absolute Gasteiger partial charge is 0.347 e. The second kappa shape index (κ2) is 6.55. The van der Waals surface area contributed by atoms with Crippen LogP contribution in [0, 0.1) is 5.82 Å². The Morgan fingerprint density at radius 2 is 1.90 bits per heavy atom. The van der Waals surface area contributed by atoms with Crippen molar-refractivity contribution < 1.29 is 4.39 Å². The van der Waals surface area contributed by atoms with E-state index in [9.17, 15) is 4.39 Å². The van der Waals surface area contributed by atoms with Gasteiger partial charge in [-0.2, -0.15) is 0 Å². The number of nitrogens with zero attached hydrogens (tertiary/aromatic N) is 1. The highest BCUT2D eigenvalue weighted by molar-refractivity contribution is 5.79. The third-order valence-corrected chi connectivity index (χ3v) is 3.65. The van der Waals surface area contributed by atoms with Crippen molar-refractivity contribution in [3.63, 3.8) is 0 Å². The van der Waals surface area contributed by atoms with E-state index in [0.29, 0.717) is 6.54 Å². The van der Waals surface area contributed by atoms with E-state index in [1.165, 1.54) is 17.0 Å². The lowest BCUT2D eigenvalue weighted by atomic mass is 10.2. The fraction of sp³-hybridized carbons (Fsp3) is 0.222. The van der Waals surface area contributed by atoms with Gasteiger partial charge in [-0.15, -0.1) is 0 Å². The first-order chi connectivity index (χ1) is 10.3. The first-order valence-corrected chi connectivity index (χ1v) is 7.32. The molecule has 2 aromatic carbocycles. The summed E-state index contributed by atoms with van der Waals surface area (Å²) in [6.45, 7) is 2.62. The molecule has 3 heteroatoms. The second-order valence-electron chi connectivity index (χ2n) is 5.23. The molecule has 0 unspecified atom stereocenters. The molecule has 1 N–H and O–H groups in total. The molecule has 0 bridgehead atoms. The van der Waals surface area contributed by atoms with Gasteiger partial charge in [0.05, 0.1) is 0 Å². The molecule has 0 aliphatic carbocycles. The van der Waals surface area contributed by atoms with Crippen LogP contribution in [0.1, 0.15) is 12.0 Å². The zero-order chi connectivity index (χ0) is 14.5. The van der Waals surface area contributed by atoms with E-state index in [4.69, 9.17) is 0 Å². The van der Waals surface area contributed by atoms with Gasteiger partial charge in [-0.1, -0.05) is 30.3 Å². The molecule has 21 heavy (non-hydrogen) atoms. The number of hydrogen-bond acceptors (Lipinski definition) is 1. The quantitative estimate of drug-likeness (QED) is 0.677. The van der Waals surface area contributed by atoms with Crippen LogP contribution in [-0.2, 0) is 13.1 Å². The number of aryl methyl sites for hydroxylation is 1. The summed E-state index contributed by atoms with van der Waals surface area (Å²) in [6, 6.07) is 17.3. The van der Waals surface area contributed by atoms with E-state index in [0.717, 1.165) is 25.1 Å². The first-order valence-electron chi connectivity index (χ1n) is 7.32. The van der Waals surface area contributed by atoms with Crippen molar-refractivity contribution in [2.75, 3.05) is 6.54 Å². The highest BCUT2D eigenvalue weighted by Gasteiger charge is 1.99. The Kier molecular flexibility index (Phi) is 4.31. The number of nitrogens with one attached hydrogen (secondary N) is 1. The lowest BCUT2D eigenvalue weighted by Crippen LogP contribution is -2.16. The molecule has 1 aromatic heterocycles. The van der Waals surface area contributed by atoms with Crippen molar-refractivity contribution in [1.29, 1.82) is 0 Å². The lowest BCUT2D eigenvalue weighted by Gasteiger charge is -2.07. The number of rotatable bonds is 6. The molecule has 0 saturated heterocycles. The molecule has 0 fully saturated rings. The Hall–Kier alpha value is -2.13. The first kappa shape index (κ1) is 13.8. The normalized spacial score (nSPS) is 11.1. The van der Waals surface area contributed by atoms with Crippen molar-refractivity contribution >= 4 is 10.9 Å². The van der Waals surface area contributed by atoms with Crippen molar-refractivity contribution in [1.82, 2.24) is 9.88 Å². The molecule has 0 amide bonds. The summed E-state index contributed by atoms with van der Waals surface area (Å²) in [7, 11) is 0. The molecule has 0 atom stereocenters. The fourth-order valence-electron chi connectivity index (χ4n) is 2.59. The topological polar surface area (TPSA) is 17.0 Å². The lowest BCUT2D eigenvalue weighted by molar-refractivity contribution is 0.586. The van der Waals surface area contributed by atoms with Crippen molar-refractivity contribution in [2.45, 2.75) is 19.5 Å². The van der Waals surface area contributed by atoms with Gasteiger partial charge in [-0.25, -0.2) is 4.39 Å². The monoisotopic (exact) mass is 282 g/mol. The summed E-state index contributed by atoms with van der Waals surface area (Å²) in [5, 5.41) is 4.64. The molecule has 108 valence electrons. The predicted octanol–water partition coefficient (Wildman–Crippen LogP) is 3.96. The summed E-state index contributed by atoms with van der Waals surface area (Å²) in [5.74, 6) is -0.173.